The van der Waals surface area contributed by atoms with Gasteiger partial charge in [0.1, 0.15) is 11.4 Å². The number of rotatable bonds is 5. The highest BCUT2D eigenvalue weighted by atomic mass is 32.2. The third-order valence-electron chi connectivity index (χ3n) is 6.50. The number of methoxy groups -OCH3 is 1. The summed E-state index contributed by atoms with van der Waals surface area (Å²) in [5, 5.41) is 8.06. The lowest BCUT2D eigenvalue weighted by Gasteiger charge is -2.29. The van der Waals surface area contributed by atoms with Crippen molar-refractivity contribution >= 4 is 40.6 Å². The van der Waals surface area contributed by atoms with E-state index in [-0.39, 0.29) is 17.2 Å². The van der Waals surface area contributed by atoms with Crippen LogP contribution in [-0.4, -0.2) is 34.0 Å². The van der Waals surface area contributed by atoms with E-state index in [0.29, 0.717) is 17.4 Å². The van der Waals surface area contributed by atoms with Gasteiger partial charge < -0.3 is 10.1 Å². The smallest absolute Gasteiger partial charge is 0.346 e. The van der Waals surface area contributed by atoms with Crippen LogP contribution >= 0.6 is 23.1 Å². The summed E-state index contributed by atoms with van der Waals surface area (Å²) in [6.45, 7) is 4.31. The van der Waals surface area contributed by atoms with E-state index in [1.807, 2.05) is 17.8 Å². The molecule has 34 heavy (non-hydrogen) atoms. The van der Waals surface area contributed by atoms with Crippen LogP contribution in [0.3, 0.4) is 0 Å². The van der Waals surface area contributed by atoms with E-state index in [1.165, 1.54) is 30.4 Å². The van der Waals surface area contributed by atoms with Crippen molar-refractivity contribution in [3.8, 4) is 16.3 Å². The summed E-state index contributed by atoms with van der Waals surface area (Å²) in [7, 11) is 1.61. The summed E-state index contributed by atoms with van der Waals surface area (Å²) in [6.07, 6.45) is 8.07. The summed E-state index contributed by atoms with van der Waals surface area (Å²) in [5.41, 5.74) is 3.35. The average molecular weight is 496 g/mol. The highest BCUT2D eigenvalue weighted by Crippen LogP contribution is 2.50. The molecule has 1 N–H and O–H groups in total. The number of benzene rings is 1. The largest absolute Gasteiger partial charge is 0.497 e. The molecule has 1 saturated carbocycles. The number of nitrogens with one attached hydrogen (secondary N) is 1. The van der Waals surface area contributed by atoms with Crippen LogP contribution in [-0.2, 0) is 6.42 Å². The molecule has 2 aliphatic carbocycles. The Balaban J connectivity index is 1.44. The first kappa shape index (κ1) is 23.2. The van der Waals surface area contributed by atoms with Crippen molar-refractivity contribution in [1.82, 2.24) is 9.78 Å². The van der Waals surface area contributed by atoms with Gasteiger partial charge in [0.2, 0.25) is 0 Å². The van der Waals surface area contributed by atoms with Gasteiger partial charge in [-0.05, 0) is 60.6 Å². The fourth-order valence-electron chi connectivity index (χ4n) is 4.82. The first-order valence-corrected chi connectivity index (χ1v) is 13.4. The molecule has 5 rings (SSSR count). The number of amides is 1. The van der Waals surface area contributed by atoms with Crippen LogP contribution < -0.4 is 10.1 Å². The minimum Gasteiger partial charge on any atom is -0.497 e. The van der Waals surface area contributed by atoms with Crippen molar-refractivity contribution in [2.75, 3.05) is 12.4 Å². The van der Waals surface area contributed by atoms with Gasteiger partial charge in [0.05, 0.1) is 16.2 Å². The quantitative estimate of drug-likeness (QED) is 0.417. The van der Waals surface area contributed by atoms with Gasteiger partial charge in [0.25, 0.3) is 0 Å². The number of carbonyl (C=O) groups is 2. The van der Waals surface area contributed by atoms with Gasteiger partial charge >= 0.3 is 6.03 Å². The number of fused-ring (bicyclic) bond motifs is 1. The van der Waals surface area contributed by atoms with E-state index in [4.69, 9.17) is 4.74 Å². The Kier molecular flexibility index (Phi) is 6.29. The molecule has 0 saturated heterocycles. The topological polar surface area (TPSA) is 73.2 Å². The molecular formula is C26H29N3O3S2. The van der Waals surface area contributed by atoms with Crippen molar-refractivity contribution in [2.24, 2.45) is 5.41 Å². The Morgan fingerprint density at radius 1 is 1.18 bits per heavy atom. The van der Waals surface area contributed by atoms with Gasteiger partial charge in [0.15, 0.2) is 5.78 Å². The Morgan fingerprint density at radius 2 is 1.91 bits per heavy atom. The molecule has 0 radical (unpaired) electrons. The number of Topliss-reactive ketones (excluding diaryl/α,β-unsaturated/α-hetero) is 1. The molecule has 2 heterocycles. The molecule has 0 unspecified atom stereocenters. The van der Waals surface area contributed by atoms with E-state index < -0.39 is 0 Å². The number of ketones is 1. The number of nitrogens with zero attached hydrogens (tertiary/aromatic N) is 2. The molecule has 0 spiro atoms. The maximum Gasteiger partial charge on any atom is 0.346 e. The summed E-state index contributed by atoms with van der Waals surface area (Å²) >= 11 is 3.55. The maximum atomic E-state index is 13.2. The van der Waals surface area contributed by atoms with Crippen molar-refractivity contribution in [1.29, 1.82) is 0 Å². The Morgan fingerprint density at radius 3 is 2.62 bits per heavy atom. The highest BCUT2D eigenvalue weighted by Gasteiger charge is 2.37. The zero-order chi connectivity index (χ0) is 23.9. The third-order valence-corrected chi connectivity index (χ3v) is 9.31. The van der Waals surface area contributed by atoms with E-state index in [2.05, 4.69) is 24.3 Å². The molecule has 1 amide bonds. The molecule has 1 fully saturated rings. The molecule has 0 aliphatic heterocycles. The van der Waals surface area contributed by atoms with Crippen molar-refractivity contribution < 1.29 is 14.3 Å². The lowest BCUT2D eigenvalue weighted by molar-refractivity contribution is 0.0910. The normalized spacial score (nSPS) is 17.6. The highest BCUT2D eigenvalue weighted by molar-refractivity contribution is 8.01. The Hall–Kier alpha value is -2.58. The van der Waals surface area contributed by atoms with Crippen LogP contribution in [0.5, 0.6) is 5.75 Å². The number of carbonyl (C=O) groups excluding carboxylic acids is 2. The zero-order valence-electron chi connectivity index (χ0n) is 19.7. The van der Waals surface area contributed by atoms with Crippen LogP contribution in [0.4, 0.5) is 10.5 Å². The maximum absolute atomic E-state index is 13.2. The van der Waals surface area contributed by atoms with Gasteiger partial charge in [-0.3, -0.25) is 4.79 Å². The Bertz CT molecular complexity index is 1220. The molecule has 6 nitrogen and oxygen atoms in total. The fraction of sp³-hybridized carbons (Fsp3) is 0.423. The van der Waals surface area contributed by atoms with Gasteiger partial charge in [0, 0.05) is 29.1 Å². The molecule has 2 aliphatic rings. The van der Waals surface area contributed by atoms with E-state index >= 15 is 0 Å². The van der Waals surface area contributed by atoms with Crippen molar-refractivity contribution in [3.63, 3.8) is 0 Å². The number of thioether (sulfide) groups is 1. The second-order valence-electron chi connectivity index (χ2n) is 9.84. The van der Waals surface area contributed by atoms with Crippen molar-refractivity contribution in [3.05, 3.63) is 47.7 Å². The number of hydrogen-bond donors (Lipinski definition) is 1. The number of thiophene rings is 1. The molecule has 0 atom stereocenters. The molecule has 8 heteroatoms. The summed E-state index contributed by atoms with van der Waals surface area (Å²) < 4.78 is 7.63. The summed E-state index contributed by atoms with van der Waals surface area (Å²) in [4.78, 5) is 27.0. The molecule has 3 aromatic rings. The number of anilines is 1. The second kappa shape index (κ2) is 9.23. The lowest BCUT2D eigenvalue weighted by atomic mass is 9.74. The first-order valence-electron chi connectivity index (χ1n) is 11.7. The SMILES string of the molecule is COc1ccc(NC(=O)n2ccc(-c3sc(SC4CCCC4)c4c3CC(C)(C)CC4=O)n2)cc1. The van der Waals surface area contributed by atoms with Gasteiger partial charge in [-0.25, -0.2) is 4.79 Å². The lowest BCUT2D eigenvalue weighted by Crippen LogP contribution is -2.26. The predicted octanol–water partition coefficient (Wildman–Crippen LogP) is 6.89. The van der Waals surface area contributed by atoms with E-state index in [0.717, 1.165) is 38.1 Å². The predicted molar refractivity (Wildman–Crippen MR) is 137 cm³/mol. The zero-order valence-corrected chi connectivity index (χ0v) is 21.4. The number of ether oxygens (including phenoxy) is 1. The summed E-state index contributed by atoms with van der Waals surface area (Å²) in [6, 6.07) is 8.71. The number of hydrogen-bond acceptors (Lipinski definition) is 6. The van der Waals surface area contributed by atoms with Crippen LogP contribution in [0.2, 0.25) is 0 Å². The molecule has 178 valence electrons. The molecule has 2 aromatic heterocycles. The van der Waals surface area contributed by atoms with Crippen LogP contribution in [0.25, 0.3) is 10.6 Å². The minimum atomic E-state index is -0.334. The van der Waals surface area contributed by atoms with E-state index in [1.54, 1.807) is 48.9 Å². The van der Waals surface area contributed by atoms with Crippen molar-refractivity contribution in [2.45, 2.75) is 61.8 Å². The molecule has 1 aromatic carbocycles. The van der Waals surface area contributed by atoms with E-state index in [9.17, 15) is 9.59 Å². The van der Waals surface area contributed by atoms with Gasteiger partial charge in [-0.2, -0.15) is 9.78 Å². The Labute approximate surface area is 208 Å². The fourth-order valence-corrected chi connectivity index (χ4v) is 7.93. The van der Waals surface area contributed by atoms with Crippen LogP contribution in [0.15, 0.2) is 40.7 Å². The standard InChI is InChI=1S/C26H29N3O3S2/c1-26(2)14-19-22(21(30)15-26)24(33-18-6-4-5-7-18)34-23(19)20-12-13-29(28-20)25(31)27-16-8-10-17(32-3)11-9-16/h8-13,18H,4-7,14-15H2,1-3H3,(H,27,31). The third kappa shape index (κ3) is 4.66. The molecule has 0 bridgehead atoms. The summed E-state index contributed by atoms with van der Waals surface area (Å²) in [5.74, 6) is 0.969. The minimum absolute atomic E-state index is 0.0799. The average Bonchev–Trinajstić information content (AvgIpc) is 3.54. The number of aromatic nitrogens is 2. The van der Waals surface area contributed by atoms with Gasteiger partial charge in [-0.1, -0.05) is 26.7 Å². The van der Waals surface area contributed by atoms with Crippen LogP contribution in [0.1, 0.15) is 61.9 Å². The second-order valence-corrected chi connectivity index (χ2v) is 12.4. The van der Waals surface area contributed by atoms with Gasteiger partial charge in [-0.15, -0.1) is 23.1 Å². The molecular weight excluding hydrogens is 466 g/mol. The first-order chi connectivity index (χ1) is 16.3. The van der Waals surface area contributed by atoms with Crippen LogP contribution in [0, 0.1) is 5.41 Å². The monoisotopic (exact) mass is 495 g/mol.